The van der Waals surface area contributed by atoms with Crippen LogP contribution in [-0.4, -0.2) is 34.0 Å². The molecule has 0 saturated carbocycles. The predicted octanol–water partition coefficient (Wildman–Crippen LogP) is 4.16. The van der Waals surface area contributed by atoms with Gasteiger partial charge in [-0.05, 0) is 73.5 Å². The van der Waals surface area contributed by atoms with Crippen molar-refractivity contribution in [3.8, 4) is 0 Å². The van der Waals surface area contributed by atoms with Gasteiger partial charge < -0.3 is 5.73 Å². The van der Waals surface area contributed by atoms with Gasteiger partial charge in [0.2, 0.25) is 0 Å². The van der Waals surface area contributed by atoms with Crippen LogP contribution >= 0.6 is 0 Å². The van der Waals surface area contributed by atoms with Gasteiger partial charge in [0.05, 0.1) is 5.69 Å². The maximum absolute atomic E-state index is 13.0. The third-order valence-electron chi connectivity index (χ3n) is 5.27. The average molecular weight is 443 g/mol. The fraction of sp³-hybridized carbons (Fsp3) is 0.304. The SMILES string of the molecule is C=N/C(C)=C\C(=C/C)c1cc(C(N)=O)nc2c1CCN(Cc1ccnc(C(F)(F)F)c1)C2. The number of amides is 1. The highest BCUT2D eigenvalue weighted by Gasteiger charge is 2.32. The number of fused-ring (bicyclic) bond motifs is 1. The van der Waals surface area contributed by atoms with E-state index < -0.39 is 17.8 Å². The summed E-state index contributed by atoms with van der Waals surface area (Å²) in [5.41, 5.74) is 9.34. The first-order valence-corrected chi connectivity index (χ1v) is 10.0. The smallest absolute Gasteiger partial charge is 0.364 e. The quantitative estimate of drug-likeness (QED) is 0.537. The lowest BCUT2D eigenvalue weighted by atomic mass is 9.92. The maximum Gasteiger partial charge on any atom is 0.433 e. The first-order chi connectivity index (χ1) is 15.1. The summed E-state index contributed by atoms with van der Waals surface area (Å²) < 4.78 is 38.9. The van der Waals surface area contributed by atoms with Crippen LogP contribution < -0.4 is 5.73 Å². The number of rotatable bonds is 6. The second kappa shape index (κ2) is 9.44. The molecule has 0 aliphatic carbocycles. The second-order valence-corrected chi connectivity index (χ2v) is 7.54. The topological polar surface area (TPSA) is 84.5 Å². The van der Waals surface area contributed by atoms with Gasteiger partial charge in [-0.15, -0.1) is 0 Å². The van der Waals surface area contributed by atoms with E-state index in [0.29, 0.717) is 37.3 Å². The Morgan fingerprint density at radius 3 is 2.75 bits per heavy atom. The number of nitrogens with two attached hydrogens (primary N) is 1. The molecule has 2 N–H and O–H groups in total. The number of carbonyl (C=O) groups excluding carboxylic acids is 1. The highest BCUT2D eigenvalue weighted by molar-refractivity contribution is 5.92. The summed E-state index contributed by atoms with van der Waals surface area (Å²) in [7, 11) is 0. The van der Waals surface area contributed by atoms with Gasteiger partial charge in [0, 0.05) is 31.5 Å². The molecule has 6 nitrogen and oxygen atoms in total. The van der Waals surface area contributed by atoms with Crippen molar-refractivity contribution in [1.29, 1.82) is 0 Å². The molecular weight excluding hydrogens is 419 g/mol. The zero-order chi connectivity index (χ0) is 23.5. The molecule has 3 heterocycles. The number of hydrogen-bond acceptors (Lipinski definition) is 5. The molecule has 1 aliphatic heterocycles. The second-order valence-electron chi connectivity index (χ2n) is 7.54. The summed E-state index contributed by atoms with van der Waals surface area (Å²) >= 11 is 0. The number of aliphatic imine (C=N–C) groups is 1. The van der Waals surface area contributed by atoms with Crippen molar-refractivity contribution >= 4 is 18.2 Å². The van der Waals surface area contributed by atoms with Gasteiger partial charge in [0.1, 0.15) is 11.4 Å². The van der Waals surface area contributed by atoms with Gasteiger partial charge in [-0.3, -0.25) is 19.7 Å². The van der Waals surface area contributed by atoms with Gasteiger partial charge in [-0.1, -0.05) is 6.08 Å². The molecule has 168 valence electrons. The molecule has 0 bridgehead atoms. The maximum atomic E-state index is 13.0. The first-order valence-electron chi connectivity index (χ1n) is 10.0. The number of carbonyl (C=O) groups is 1. The molecule has 0 fully saturated rings. The largest absolute Gasteiger partial charge is 0.433 e. The van der Waals surface area contributed by atoms with Crippen LogP contribution in [0.25, 0.3) is 5.57 Å². The van der Waals surface area contributed by atoms with Crippen LogP contribution in [0.1, 0.15) is 52.4 Å². The van der Waals surface area contributed by atoms with Gasteiger partial charge in [-0.2, -0.15) is 13.2 Å². The molecule has 1 aliphatic rings. The van der Waals surface area contributed by atoms with Gasteiger partial charge >= 0.3 is 6.18 Å². The third kappa shape index (κ3) is 5.28. The summed E-state index contributed by atoms with van der Waals surface area (Å²) in [6.45, 7) is 8.55. The van der Waals surface area contributed by atoms with Crippen molar-refractivity contribution in [2.24, 2.45) is 10.7 Å². The lowest BCUT2D eigenvalue weighted by Gasteiger charge is -2.30. The standard InChI is InChI=1S/C23H24F3N5O/c1-4-16(9-14(2)28-3)18-11-19(22(27)32)30-20-13-31(8-6-17(18)20)12-15-5-7-29-21(10-15)23(24,25)26/h4-5,7,9-11H,3,6,8,12-13H2,1-2H3,(H2,27,32)/b14-9-,16-4+. The predicted molar refractivity (Wildman–Crippen MR) is 117 cm³/mol. The molecule has 9 heteroatoms. The zero-order valence-corrected chi connectivity index (χ0v) is 17.9. The lowest BCUT2D eigenvalue weighted by Crippen LogP contribution is -2.32. The average Bonchev–Trinajstić information content (AvgIpc) is 2.76. The van der Waals surface area contributed by atoms with Crippen LogP contribution in [0, 0.1) is 0 Å². The van der Waals surface area contributed by atoms with Crippen LogP contribution in [0.4, 0.5) is 13.2 Å². The fourth-order valence-corrected chi connectivity index (χ4v) is 3.69. The van der Waals surface area contributed by atoms with E-state index in [-0.39, 0.29) is 5.69 Å². The summed E-state index contributed by atoms with van der Waals surface area (Å²) in [5.74, 6) is -0.645. The van der Waals surface area contributed by atoms with Crippen LogP contribution in [0.3, 0.4) is 0 Å². The van der Waals surface area contributed by atoms with Crippen molar-refractivity contribution in [2.75, 3.05) is 6.54 Å². The molecule has 0 spiro atoms. The number of aromatic nitrogens is 2. The van der Waals surface area contributed by atoms with Crippen molar-refractivity contribution in [1.82, 2.24) is 14.9 Å². The Balaban J connectivity index is 1.94. The number of halogens is 3. The summed E-state index contributed by atoms with van der Waals surface area (Å²) in [4.78, 5) is 25.7. The van der Waals surface area contributed by atoms with Crippen LogP contribution in [0.2, 0.25) is 0 Å². The number of alkyl halides is 3. The molecule has 2 aromatic heterocycles. The Bertz CT molecular complexity index is 1110. The molecule has 32 heavy (non-hydrogen) atoms. The molecule has 0 saturated heterocycles. The highest BCUT2D eigenvalue weighted by atomic mass is 19.4. The van der Waals surface area contributed by atoms with Crippen molar-refractivity contribution < 1.29 is 18.0 Å². The molecule has 2 aromatic rings. The monoisotopic (exact) mass is 443 g/mol. The summed E-state index contributed by atoms with van der Waals surface area (Å²) in [6.07, 6.45) is 1.08. The number of hydrogen-bond donors (Lipinski definition) is 1. The molecule has 0 atom stereocenters. The van der Waals surface area contributed by atoms with Crippen molar-refractivity contribution in [2.45, 2.75) is 39.5 Å². The number of nitrogens with zero attached hydrogens (tertiary/aromatic N) is 4. The minimum atomic E-state index is -4.49. The van der Waals surface area contributed by atoms with Crippen LogP contribution in [0.5, 0.6) is 0 Å². The third-order valence-corrected chi connectivity index (χ3v) is 5.27. The molecule has 0 radical (unpaired) electrons. The van der Waals surface area contributed by atoms with Crippen LogP contribution in [-0.2, 0) is 25.7 Å². The van der Waals surface area contributed by atoms with Crippen LogP contribution in [0.15, 0.2) is 47.2 Å². The molecule has 0 aromatic carbocycles. The molecule has 3 rings (SSSR count). The molecule has 0 unspecified atom stereocenters. The van der Waals surface area contributed by atoms with E-state index >= 15 is 0 Å². The Kier molecular flexibility index (Phi) is 6.88. The van der Waals surface area contributed by atoms with E-state index in [2.05, 4.69) is 21.7 Å². The molecule has 1 amide bonds. The van der Waals surface area contributed by atoms with E-state index in [1.807, 2.05) is 30.9 Å². The Labute approximate surface area is 184 Å². The lowest BCUT2D eigenvalue weighted by molar-refractivity contribution is -0.141. The number of pyridine rings is 2. The normalized spacial score (nSPS) is 15.4. The minimum Gasteiger partial charge on any atom is -0.364 e. The summed E-state index contributed by atoms with van der Waals surface area (Å²) in [6, 6.07) is 4.30. The molecular formula is C23H24F3N5O. The van der Waals surface area contributed by atoms with Crippen molar-refractivity contribution in [3.05, 3.63) is 76.0 Å². The van der Waals surface area contributed by atoms with Crippen molar-refractivity contribution in [3.63, 3.8) is 0 Å². The summed E-state index contributed by atoms with van der Waals surface area (Å²) in [5, 5.41) is 0. The van der Waals surface area contributed by atoms with E-state index in [1.165, 1.54) is 0 Å². The van der Waals surface area contributed by atoms with Gasteiger partial charge in [-0.25, -0.2) is 4.98 Å². The Morgan fingerprint density at radius 2 is 2.12 bits per heavy atom. The zero-order valence-electron chi connectivity index (χ0n) is 17.9. The highest BCUT2D eigenvalue weighted by Crippen LogP contribution is 2.31. The number of allylic oxidation sites excluding steroid dienone is 4. The van der Waals surface area contributed by atoms with E-state index in [0.717, 1.165) is 34.7 Å². The Hall–Kier alpha value is -3.33. The number of primary amides is 1. The van der Waals surface area contributed by atoms with E-state index in [9.17, 15) is 18.0 Å². The fourth-order valence-electron chi connectivity index (χ4n) is 3.69. The van der Waals surface area contributed by atoms with Gasteiger partial charge in [0.25, 0.3) is 5.91 Å². The van der Waals surface area contributed by atoms with E-state index in [4.69, 9.17) is 5.73 Å². The van der Waals surface area contributed by atoms with Gasteiger partial charge in [0.15, 0.2) is 0 Å². The van der Waals surface area contributed by atoms with E-state index in [1.54, 1.807) is 12.1 Å². The minimum absolute atomic E-state index is 0.140. The first kappa shape index (κ1) is 23.3. The Morgan fingerprint density at radius 1 is 1.38 bits per heavy atom.